The van der Waals surface area contributed by atoms with Gasteiger partial charge in [-0.05, 0) is 32.3 Å². The minimum atomic E-state index is 0.603. The van der Waals surface area contributed by atoms with Crippen LogP contribution in [0.3, 0.4) is 0 Å². The number of hydrogen-bond donors (Lipinski definition) is 0. The van der Waals surface area contributed by atoms with Crippen molar-refractivity contribution in [2.75, 3.05) is 0 Å². The van der Waals surface area contributed by atoms with Crippen molar-refractivity contribution < 1.29 is 0 Å². The predicted molar refractivity (Wildman–Crippen MR) is 66.0 cm³/mol. The summed E-state index contributed by atoms with van der Waals surface area (Å²) in [5.41, 5.74) is 3.16. The highest BCUT2D eigenvalue weighted by atomic mass is 35.5. The van der Waals surface area contributed by atoms with Crippen LogP contribution >= 0.6 is 11.6 Å². The summed E-state index contributed by atoms with van der Waals surface area (Å²) in [5.74, 6) is 0.690. The van der Waals surface area contributed by atoms with Gasteiger partial charge in [-0.2, -0.15) is 5.10 Å². The van der Waals surface area contributed by atoms with Gasteiger partial charge in [0, 0.05) is 24.0 Å². The lowest BCUT2D eigenvalue weighted by atomic mass is 10.2. The molecule has 0 spiro atoms. The van der Waals surface area contributed by atoms with Gasteiger partial charge in [0.1, 0.15) is 10.8 Å². The predicted octanol–water partition coefficient (Wildman–Crippen LogP) is 2.50. The second-order valence-corrected chi connectivity index (χ2v) is 4.51. The van der Waals surface area contributed by atoms with E-state index in [0.717, 1.165) is 42.8 Å². The van der Waals surface area contributed by atoms with Gasteiger partial charge in [0.2, 0.25) is 0 Å². The molecule has 2 aromatic heterocycles. The third-order valence-corrected chi connectivity index (χ3v) is 3.44. The van der Waals surface area contributed by atoms with E-state index in [-0.39, 0.29) is 0 Å². The Morgan fingerprint density at radius 1 is 1.35 bits per heavy atom. The molecule has 0 unspecified atom stereocenters. The lowest BCUT2D eigenvalue weighted by Crippen LogP contribution is -2.04. The van der Waals surface area contributed by atoms with Crippen molar-refractivity contribution in [3.63, 3.8) is 0 Å². The second-order valence-electron chi connectivity index (χ2n) is 4.15. The first-order valence-electron chi connectivity index (χ1n) is 5.87. The fraction of sp³-hybridized carbons (Fsp3) is 0.417. The molecule has 1 aliphatic rings. The van der Waals surface area contributed by atoms with E-state index in [9.17, 15) is 0 Å². The van der Waals surface area contributed by atoms with Gasteiger partial charge < -0.3 is 0 Å². The van der Waals surface area contributed by atoms with E-state index < -0.39 is 0 Å². The van der Waals surface area contributed by atoms with Gasteiger partial charge in [-0.25, -0.2) is 9.97 Å². The molecule has 0 bridgehead atoms. The lowest BCUT2D eigenvalue weighted by Gasteiger charge is -2.06. The Kier molecular flexibility index (Phi) is 2.59. The van der Waals surface area contributed by atoms with Crippen LogP contribution in [-0.2, 0) is 19.4 Å². The Balaban J connectivity index is 2.13. The van der Waals surface area contributed by atoms with Crippen molar-refractivity contribution in [2.45, 2.75) is 32.7 Å². The molecule has 0 radical (unpaired) electrons. The zero-order valence-corrected chi connectivity index (χ0v) is 10.4. The highest BCUT2D eigenvalue weighted by Crippen LogP contribution is 2.28. The normalized spacial score (nSPS) is 14.0. The van der Waals surface area contributed by atoms with E-state index in [1.54, 1.807) is 6.20 Å². The molecule has 2 heterocycles. The van der Waals surface area contributed by atoms with Crippen LogP contribution in [0.1, 0.15) is 24.6 Å². The summed E-state index contributed by atoms with van der Waals surface area (Å²) in [6, 6.07) is 1.93. The third-order valence-electron chi connectivity index (χ3n) is 3.13. The minimum Gasteiger partial charge on any atom is -0.262 e. The second kappa shape index (κ2) is 4.11. The maximum Gasteiger partial charge on any atom is 0.179 e. The fourth-order valence-corrected chi connectivity index (χ4v) is 2.56. The van der Waals surface area contributed by atoms with Crippen molar-refractivity contribution in [1.82, 2.24) is 19.7 Å². The summed E-state index contributed by atoms with van der Waals surface area (Å²) in [6.07, 6.45) is 4.90. The number of fused-ring (bicyclic) bond motifs is 1. The Hall–Kier alpha value is -1.42. The molecule has 5 heteroatoms. The molecule has 0 amide bonds. The van der Waals surface area contributed by atoms with Crippen LogP contribution in [-0.4, -0.2) is 19.7 Å². The SMILES string of the molecule is CCn1nccc1-c1nc(Cl)c2c(n1)CCC2. The fourth-order valence-electron chi connectivity index (χ4n) is 2.28. The third kappa shape index (κ3) is 1.72. The van der Waals surface area contributed by atoms with Gasteiger partial charge in [-0.1, -0.05) is 11.6 Å². The Labute approximate surface area is 105 Å². The molecule has 0 saturated carbocycles. The van der Waals surface area contributed by atoms with Gasteiger partial charge >= 0.3 is 0 Å². The van der Waals surface area contributed by atoms with Crippen molar-refractivity contribution in [3.05, 3.63) is 28.7 Å². The number of nitrogens with zero attached hydrogens (tertiary/aromatic N) is 4. The molecule has 1 aliphatic carbocycles. The minimum absolute atomic E-state index is 0.603. The smallest absolute Gasteiger partial charge is 0.179 e. The molecule has 0 aromatic carbocycles. The maximum absolute atomic E-state index is 6.21. The van der Waals surface area contributed by atoms with Gasteiger partial charge in [-0.15, -0.1) is 0 Å². The lowest BCUT2D eigenvalue weighted by molar-refractivity contribution is 0.663. The number of aryl methyl sites for hydroxylation is 2. The molecule has 4 nitrogen and oxygen atoms in total. The average Bonchev–Trinajstić information content (AvgIpc) is 2.96. The van der Waals surface area contributed by atoms with Gasteiger partial charge in [0.25, 0.3) is 0 Å². The van der Waals surface area contributed by atoms with Crippen molar-refractivity contribution in [1.29, 1.82) is 0 Å². The summed E-state index contributed by atoms with van der Waals surface area (Å²) < 4.78 is 1.88. The van der Waals surface area contributed by atoms with E-state index in [4.69, 9.17) is 11.6 Å². The number of halogens is 1. The molecule has 0 fully saturated rings. The standard InChI is InChI=1S/C12H13ClN4/c1-2-17-10(6-7-14-17)12-15-9-5-3-4-8(9)11(13)16-12/h6-7H,2-5H2,1H3. The zero-order valence-electron chi connectivity index (χ0n) is 9.65. The molecule has 88 valence electrons. The molecule has 3 rings (SSSR count). The Bertz CT molecular complexity index is 562. The molecular weight excluding hydrogens is 236 g/mol. The van der Waals surface area contributed by atoms with E-state index in [2.05, 4.69) is 15.1 Å². The van der Waals surface area contributed by atoms with Crippen LogP contribution in [0.25, 0.3) is 11.5 Å². The van der Waals surface area contributed by atoms with Crippen LogP contribution in [0.15, 0.2) is 12.3 Å². The van der Waals surface area contributed by atoms with Crippen molar-refractivity contribution in [3.8, 4) is 11.5 Å². The highest BCUT2D eigenvalue weighted by molar-refractivity contribution is 6.30. The molecule has 0 aliphatic heterocycles. The topological polar surface area (TPSA) is 43.6 Å². The molecule has 2 aromatic rings. The first-order chi connectivity index (χ1) is 8.29. The van der Waals surface area contributed by atoms with Gasteiger partial charge in [0.05, 0.1) is 0 Å². The van der Waals surface area contributed by atoms with Crippen LogP contribution < -0.4 is 0 Å². The van der Waals surface area contributed by atoms with Gasteiger partial charge in [0.15, 0.2) is 5.82 Å². The Morgan fingerprint density at radius 2 is 2.24 bits per heavy atom. The molecule has 0 N–H and O–H groups in total. The summed E-state index contributed by atoms with van der Waals surface area (Å²) in [5, 5.41) is 4.83. The molecule has 0 saturated heterocycles. The van der Waals surface area contributed by atoms with E-state index in [1.165, 1.54) is 0 Å². The van der Waals surface area contributed by atoms with Crippen LogP contribution in [0, 0.1) is 0 Å². The summed E-state index contributed by atoms with van der Waals surface area (Å²) in [7, 11) is 0. The summed E-state index contributed by atoms with van der Waals surface area (Å²) in [4.78, 5) is 9.00. The molecule has 0 atom stereocenters. The van der Waals surface area contributed by atoms with E-state index >= 15 is 0 Å². The first-order valence-corrected chi connectivity index (χ1v) is 6.25. The molecular formula is C12H13ClN4. The first kappa shape index (κ1) is 10.7. The highest BCUT2D eigenvalue weighted by Gasteiger charge is 2.19. The summed E-state index contributed by atoms with van der Waals surface area (Å²) in [6.45, 7) is 2.85. The van der Waals surface area contributed by atoms with Crippen LogP contribution in [0.5, 0.6) is 0 Å². The zero-order chi connectivity index (χ0) is 11.8. The number of rotatable bonds is 2. The van der Waals surface area contributed by atoms with E-state index in [1.807, 2.05) is 17.7 Å². The quantitative estimate of drug-likeness (QED) is 0.767. The van der Waals surface area contributed by atoms with Crippen LogP contribution in [0.2, 0.25) is 5.15 Å². The maximum atomic E-state index is 6.21. The van der Waals surface area contributed by atoms with Gasteiger partial charge in [-0.3, -0.25) is 4.68 Å². The summed E-state index contributed by atoms with van der Waals surface area (Å²) >= 11 is 6.21. The monoisotopic (exact) mass is 248 g/mol. The molecule has 17 heavy (non-hydrogen) atoms. The average molecular weight is 249 g/mol. The van der Waals surface area contributed by atoms with Crippen LogP contribution in [0.4, 0.5) is 0 Å². The van der Waals surface area contributed by atoms with Crippen molar-refractivity contribution >= 4 is 11.6 Å². The van der Waals surface area contributed by atoms with E-state index in [0.29, 0.717) is 11.0 Å². The number of hydrogen-bond acceptors (Lipinski definition) is 3. The number of aromatic nitrogens is 4. The largest absolute Gasteiger partial charge is 0.262 e. The van der Waals surface area contributed by atoms with Crippen molar-refractivity contribution in [2.24, 2.45) is 0 Å². The Morgan fingerprint density at radius 3 is 3.06 bits per heavy atom.